The van der Waals surface area contributed by atoms with Gasteiger partial charge in [0.2, 0.25) is 29.5 Å². The maximum Gasteiger partial charge on any atom is 0.407 e. The van der Waals surface area contributed by atoms with E-state index in [1.165, 1.54) is 10.6 Å². The lowest BCUT2D eigenvalue weighted by molar-refractivity contribution is -0.172. The Kier molecular flexibility index (Phi) is 15.6. The highest BCUT2D eigenvalue weighted by Gasteiger charge is 2.46. The van der Waals surface area contributed by atoms with Crippen LogP contribution in [0.15, 0.2) is 95.8 Å². The minimum atomic E-state index is -2.05. The van der Waals surface area contributed by atoms with E-state index in [2.05, 4.69) is 31.9 Å². The molecular weight excluding hydrogens is 1040 g/mol. The number of cyclic esters (lactones) is 1. The lowest BCUT2D eigenvalue weighted by Gasteiger charge is -2.32. The minimum Gasteiger partial charge on any atom is -0.458 e. The van der Waals surface area contributed by atoms with Crippen molar-refractivity contribution in [3.63, 3.8) is 0 Å². The van der Waals surface area contributed by atoms with Crippen molar-refractivity contribution in [1.29, 1.82) is 0 Å². The summed E-state index contributed by atoms with van der Waals surface area (Å²) in [7, 11) is 0. The Bertz CT molecular complexity index is 3580. The van der Waals surface area contributed by atoms with Gasteiger partial charge < -0.3 is 55.8 Å². The molecule has 4 heterocycles. The fourth-order valence-corrected chi connectivity index (χ4v) is 11.3. The zero-order valence-corrected chi connectivity index (χ0v) is 45.1. The number of nitrogens with zero attached hydrogens (tertiary/aromatic N) is 2. The van der Waals surface area contributed by atoms with E-state index in [-0.39, 0.29) is 63.0 Å². The minimum absolute atomic E-state index is 0.0418. The summed E-state index contributed by atoms with van der Waals surface area (Å²) in [4.78, 5) is 111. The van der Waals surface area contributed by atoms with E-state index < -0.39 is 95.7 Å². The van der Waals surface area contributed by atoms with Crippen molar-refractivity contribution in [1.82, 2.24) is 41.5 Å². The van der Waals surface area contributed by atoms with Crippen LogP contribution < -0.4 is 37.5 Å². The molecule has 81 heavy (non-hydrogen) atoms. The van der Waals surface area contributed by atoms with Gasteiger partial charge in [-0.1, -0.05) is 85.8 Å². The molecule has 420 valence electrons. The van der Waals surface area contributed by atoms with Gasteiger partial charge in [-0.25, -0.2) is 19.0 Å². The number of alkyl carbamates (subject to hydrolysis) is 1. The standard InChI is InChI=1S/C60H61FN8O12/c1-5-60(78)42-22-47-53-39(27-69(47)55(74)41(42)29-80-57(60)76)52-44(20-19-34-32(2)43(61)23-45(67-53)51(34)52)68-56(75)59(3,4)30-79-31-65-49(71)24-63-54(73)46(21-33-13-7-6-8-14-33)66-50(72)26-62-48(70)25-64-58(77)81-28-40-37-17-11-9-15-35(37)36-16-10-12-18-38(36)40/h6-18,22-23,40,44,46,78H,5,19-21,24-31H2,1-4H3,(H,62,70)(H,63,73)(H,64,77)(H,65,71)(H,66,72)(H,68,75)/t44-,46-,60-/m0/s1. The summed E-state index contributed by atoms with van der Waals surface area (Å²) in [6.45, 7) is 4.49. The number of amides is 6. The van der Waals surface area contributed by atoms with Crippen LogP contribution in [0.2, 0.25) is 0 Å². The van der Waals surface area contributed by atoms with Crippen LogP contribution >= 0.6 is 0 Å². The molecule has 20 nitrogen and oxygen atoms in total. The molecule has 6 aromatic rings. The summed E-state index contributed by atoms with van der Waals surface area (Å²) in [6.07, 6.45) is 0.0182. The van der Waals surface area contributed by atoms with E-state index >= 15 is 4.39 Å². The molecule has 4 aliphatic rings. The number of carbonyl (C=O) groups is 7. The van der Waals surface area contributed by atoms with Gasteiger partial charge in [-0.2, -0.15) is 0 Å². The van der Waals surface area contributed by atoms with Gasteiger partial charge in [0.05, 0.1) is 60.2 Å². The predicted octanol–water partition coefficient (Wildman–Crippen LogP) is 4.25. The van der Waals surface area contributed by atoms with E-state index in [1.54, 1.807) is 64.1 Å². The van der Waals surface area contributed by atoms with Crippen LogP contribution in [0.3, 0.4) is 0 Å². The number of carbonyl (C=O) groups excluding carboxylic acids is 7. The number of esters is 1. The molecule has 0 saturated carbocycles. The quantitative estimate of drug-likeness (QED) is 0.0340. The number of hydrogen-bond acceptors (Lipinski definition) is 13. The highest BCUT2D eigenvalue weighted by Crippen LogP contribution is 2.47. The lowest BCUT2D eigenvalue weighted by Crippen LogP contribution is -2.52. The highest BCUT2D eigenvalue weighted by atomic mass is 19.1. The van der Waals surface area contributed by atoms with Crippen LogP contribution in [-0.4, -0.2) is 102 Å². The summed E-state index contributed by atoms with van der Waals surface area (Å²) < 4.78 is 33.5. The summed E-state index contributed by atoms with van der Waals surface area (Å²) in [5.74, 6) is -4.57. The molecule has 0 bridgehead atoms. The van der Waals surface area contributed by atoms with Crippen LogP contribution in [0, 0.1) is 18.2 Å². The second-order valence-electron chi connectivity index (χ2n) is 21.3. The van der Waals surface area contributed by atoms with Gasteiger partial charge in [0.25, 0.3) is 5.56 Å². The number of aromatic nitrogens is 2. The number of fused-ring (bicyclic) bond motifs is 8. The number of pyridine rings is 2. The lowest BCUT2D eigenvalue weighted by atomic mass is 9.81. The first-order valence-corrected chi connectivity index (χ1v) is 26.8. The average molecular weight is 1110 g/mol. The first kappa shape index (κ1) is 55.5. The number of hydrogen-bond donors (Lipinski definition) is 7. The first-order valence-electron chi connectivity index (χ1n) is 26.8. The SMILES string of the molecule is CC[C@@]1(O)C(=O)OCc2c1cc1n(c2=O)Cc2c-1nc1cc(F)c(C)c3c1c2[C@@H](NC(=O)C(C)(C)COCNC(=O)CNC(=O)[C@H](Cc1ccccc1)NC(=O)CNC(=O)CNC(=O)OCC1c2ccccc2-c2ccccc21)CC3. The fraction of sp³-hybridized carbons (Fsp3) is 0.350. The van der Waals surface area contributed by atoms with Crippen molar-refractivity contribution in [2.24, 2.45) is 5.41 Å². The van der Waals surface area contributed by atoms with Crippen molar-refractivity contribution in [3.05, 3.63) is 157 Å². The van der Waals surface area contributed by atoms with Gasteiger partial charge in [0.1, 0.15) is 38.3 Å². The van der Waals surface area contributed by atoms with E-state index in [0.29, 0.717) is 57.4 Å². The number of aryl methyl sites for hydroxylation is 1. The number of benzene rings is 4. The molecule has 21 heteroatoms. The molecule has 6 amide bonds. The molecule has 3 atom stereocenters. The summed E-state index contributed by atoms with van der Waals surface area (Å²) >= 11 is 0. The monoisotopic (exact) mass is 1100 g/mol. The van der Waals surface area contributed by atoms with Gasteiger partial charge >= 0.3 is 12.1 Å². The largest absolute Gasteiger partial charge is 0.458 e. The van der Waals surface area contributed by atoms with E-state index in [1.807, 2.05) is 48.5 Å². The zero-order valence-electron chi connectivity index (χ0n) is 45.1. The molecule has 0 unspecified atom stereocenters. The number of aliphatic hydroxyl groups is 1. The van der Waals surface area contributed by atoms with Gasteiger partial charge in [0, 0.05) is 34.9 Å². The molecule has 10 rings (SSSR count). The summed E-state index contributed by atoms with van der Waals surface area (Å²) in [6, 6.07) is 25.8. The number of nitrogens with one attached hydrogen (secondary N) is 6. The second-order valence-corrected chi connectivity index (χ2v) is 21.3. The normalized spacial score (nSPS) is 16.8. The Morgan fingerprint density at radius 2 is 1.52 bits per heavy atom. The fourth-order valence-electron chi connectivity index (χ4n) is 11.3. The Balaban J connectivity index is 0.705. The van der Waals surface area contributed by atoms with E-state index in [9.17, 15) is 43.5 Å². The van der Waals surface area contributed by atoms with Crippen LogP contribution in [0.4, 0.5) is 9.18 Å². The maximum atomic E-state index is 15.5. The zero-order chi connectivity index (χ0) is 57.3. The molecule has 4 aromatic carbocycles. The first-order chi connectivity index (χ1) is 38.9. The molecular formula is C60H61FN8O12. The molecule has 0 radical (unpaired) electrons. The molecule has 2 aliphatic heterocycles. The highest BCUT2D eigenvalue weighted by molar-refractivity contribution is 5.95. The molecule has 0 fully saturated rings. The second kappa shape index (κ2) is 22.7. The third-order valence-corrected chi connectivity index (χ3v) is 15.7. The number of ether oxygens (including phenoxy) is 3. The molecule has 7 N–H and O–H groups in total. The Labute approximate surface area is 464 Å². The van der Waals surface area contributed by atoms with Crippen LogP contribution in [0.1, 0.15) is 95.6 Å². The van der Waals surface area contributed by atoms with Gasteiger partial charge in [-0.05, 0) is 90.6 Å². The van der Waals surface area contributed by atoms with E-state index in [0.717, 1.165) is 27.8 Å². The van der Waals surface area contributed by atoms with Crippen molar-refractivity contribution in [2.45, 2.75) is 90.1 Å². The smallest absolute Gasteiger partial charge is 0.407 e. The van der Waals surface area contributed by atoms with Crippen molar-refractivity contribution in [3.8, 4) is 22.5 Å². The number of halogens is 1. The topological polar surface area (TPSA) is 274 Å². The molecule has 2 aliphatic carbocycles. The maximum absolute atomic E-state index is 15.5. The predicted molar refractivity (Wildman–Crippen MR) is 292 cm³/mol. The Hall–Kier alpha value is -8.82. The summed E-state index contributed by atoms with van der Waals surface area (Å²) in [5, 5.41) is 27.8. The number of rotatable bonds is 19. The van der Waals surface area contributed by atoms with Crippen molar-refractivity contribution in [2.75, 3.05) is 39.6 Å². The molecule has 0 saturated heterocycles. The van der Waals surface area contributed by atoms with Crippen LogP contribution in [0.5, 0.6) is 0 Å². The van der Waals surface area contributed by atoms with Gasteiger partial charge in [-0.3, -0.25) is 28.8 Å². The van der Waals surface area contributed by atoms with Crippen molar-refractivity contribution < 1.29 is 57.3 Å². The van der Waals surface area contributed by atoms with Crippen LogP contribution in [-0.2, 0) is 74.6 Å². The molecule has 0 spiro atoms. The molecule has 2 aromatic heterocycles. The summed E-state index contributed by atoms with van der Waals surface area (Å²) in [5.41, 5.74) is 5.13. The van der Waals surface area contributed by atoms with Crippen molar-refractivity contribution >= 4 is 52.5 Å². The van der Waals surface area contributed by atoms with Gasteiger partial charge in [0.15, 0.2) is 5.60 Å². The average Bonchev–Trinajstić information content (AvgIpc) is 2.71. The Morgan fingerprint density at radius 3 is 2.23 bits per heavy atom. The van der Waals surface area contributed by atoms with E-state index in [4.69, 9.17) is 19.2 Å². The van der Waals surface area contributed by atoms with Gasteiger partial charge in [-0.15, -0.1) is 0 Å². The van der Waals surface area contributed by atoms with Crippen LogP contribution in [0.25, 0.3) is 33.4 Å². The Morgan fingerprint density at radius 1 is 0.852 bits per heavy atom. The third kappa shape index (κ3) is 11.0. The third-order valence-electron chi connectivity index (χ3n) is 15.7.